The van der Waals surface area contributed by atoms with Gasteiger partial charge in [0.1, 0.15) is 11.7 Å². The molecule has 0 aliphatic carbocycles. The molecule has 5 rings (SSSR count). The standard InChI is InChI=1S/C16H11FN5/c1-21-8-11-14-10-4-5-18-16(10)19-6-13(14)22-7-9(17)2-3-12(22)15(11)20-21/h2-8,20H,1H3/q+1. The number of H-pyrrole nitrogens is 1. The van der Waals surface area contributed by atoms with E-state index in [-0.39, 0.29) is 5.82 Å². The molecule has 0 atom stereocenters. The fourth-order valence-corrected chi connectivity index (χ4v) is 3.20. The van der Waals surface area contributed by atoms with Crippen molar-refractivity contribution in [1.82, 2.24) is 19.7 Å². The first kappa shape index (κ1) is 11.6. The minimum atomic E-state index is -0.283. The van der Waals surface area contributed by atoms with Gasteiger partial charge in [-0.15, -0.1) is 0 Å². The Hall–Kier alpha value is -3.02. The highest BCUT2D eigenvalue weighted by Gasteiger charge is 2.21. The maximum atomic E-state index is 13.8. The van der Waals surface area contributed by atoms with E-state index in [4.69, 9.17) is 0 Å². The van der Waals surface area contributed by atoms with E-state index in [9.17, 15) is 4.39 Å². The highest BCUT2D eigenvalue weighted by Crippen LogP contribution is 2.29. The maximum Gasteiger partial charge on any atom is 0.238 e. The van der Waals surface area contributed by atoms with Crippen LogP contribution in [0.5, 0.6) is 0 Å². The van der Waals surface area contributed by atoms with Crippen LogP contribution >= 0.6 is 0 Å². The summed E-state index contributed by atoms with van der Waals surface area (Å²) < 4.78 is 17.5. The second kappa shape index (κ2) is 3.79. The molecular weight excluding hydrogens is 281 g/mol. The Morgan fingerprint density at radius 3 is 2.95 bits per heavy atom. The van der Waals surface area contributed by atoms with Crippen LogP contribution in [0.15, 0.2) is 43.0 Å². The molecule has 0 bridgehead atoms. The van der Waals surface area contributed by atoms with Gasteiger partial charge >= 0.3 is 0 Å². The monoisotopic (exact) mass is 292 g/mol. The first-order chi connectivity index (χ1) is 10.7. The third-order valence-electron chi connectivity index (χ3n) is 4.09. The normalized spacial score (nSPS) is 12.1. The molecule has 6 heteroatoms. The molecule has 0 aliphatic heterocycles. The van der Waals surface area contributed by atoms with E-state index in [0.717, 1.165) is 32.7 Å². The Balaban J connectivity index is 2.23. The van der Waals surface area contributed by atoms with Gasteiger partial charge in [-0.25, -0.2) is 14.4 Å². The summed E-state index contributed by atoms with van der Waals surface area (Å²) in [6.45, 7) is 0. The highest BCUT2D eigenvalue weighted by atomic mass is 19.1. The van der Waals surface area contributed by atoms with E-state index in [1.165, 1.54) is 12.3 Å². The number of hydrogen-bond donors (Lipinski definition) is 1. The van der Waals surface area contributed by atoms with Crippen LogP contribution in [0.1, 0.15) is 0 Å². The van der Waals surface area contributed by atoms with Crippen molar-refractivity contribution in [3.63, 3.8) is 0 Å². The Bertz CT molecular complexity index is 1200. The fraction of sp³-hybridized carbons (Fsp3) is 0.0625. The minimum Gasteiger partial charge on any atom is -0.297 e. The number of aromatic nitrogens is 5. The Morgan fingerprint density at radius 1 is 1.14 bits per heavy atom. The second-order valence-corrected chi connectivity index (χ2v) is 5.44. The molecule has 0 saturated carbocycles. The molecule has 0 aromatic carbocycles. The lowest BCUT2D eigenvalue weighted by Crippen LogP contribution is -2.24. The molecule has 0 unspecified atom stereocenters. The second-order valence-electron chi connectivity index (χ2n) is 5.44. The van der Waals surface area contributed by atoms with E-state index in [1.54, 1.807) is 18.5 Å². The Labute approximate surface area is 123 Å². The van der Waals surface area contributed by atoms with Crippen LogP contribution in [0.4, 0.5) is 4.39 Å². The molecule has 5 heterocycles. The summed E-state index contributed by atoms with van der Waals surface area (Å²) in [4.78, 5) is 8.66. The van der Waals surface area contributed by atoms with Crippen molar-refractivity contribution in [3.05, 3.63) is 48.8 Å². The van der Waals surface area contributed by atoms with Gasteiger partial charge in [-0.2, -0.15) is 4.40 Å². The van der Waals surface area contributed by atoms with Crippen molar-refractivity contribution in [2.24, 2.45) is 7.05 Å². The first-order valence-electron chi connectivity index (χ1n) is 6.94. The number of hydrogen-bond acceptors (Lipinski definition) is 2. The van der Waals surface area contributed by atoms with Crippen LogP contribution < -0.4 is 4.40 Å². The van der Waals surface area contributed by atoms with Crippen LogP contribution in [-0.4, -0.2) is 19.7 Å². The number of aryl methyl sites for hydroxylation is 1. The first-order valence-corrected chi connectivity index (χ1v) is 6.94. The van der Waals surface area contributed by atoms with Gasteiger partial charge in [0.05, 0.1) is 5.39 Å². The topological polar surface area (TPSA) is 50.6 Å². The van der Waals surface area contributed by atoms with Crippen LogP contribution in [0, 0.1) is 5.82 Å². The van der Waals surface area contributed by atoms with Crippen molar-refractivity contribution in [1.29, 1.82) is 0 Å². The summed E-state index contributed by atoms with van der Waals surface area (Å²) in [6.07, 6.45) is 7.02. The zero-order valence-electron chi connectivity index (χ0n) is 11.7. The van der Waals surface area contributed by atoms with E-state index in [0.29, 0.717) is 5.65 Å². The number of pyridine rings is 3. The lowest BCUT2D eigenvalue weighted by atomic mass is 10.1. The van der Waals surface area contributed by atoms with Crippen LogP contribution in [0.25, 0.3) is 38.4 Å². The van der Waals surface area contributed by atoms with Gasteiger partial charge in [-0.05, 0) is 12.1 Å². The summed E-state index contributed by atoms with van der Waals surface area (Å²) in [6, 6.07) is 5.20. The average molecular weight is 292 g/mol. The molecule has 0 fully saturated rings. The summed E-state index contributed by atoms with van der Waals surface area (Å²) in [5.41, 5.74) is 3.44. The van der Waals surface area contributed by atoms with Gasteiger partial charge in [0.15, 0.2) is 11.5 Å². The molecule has 0 saturated heterocycles. The fourth-order valence-electron chi connectivity index (χ4n) is 3.20. The predicted octanol–water partition coefficient (Wildman–Crippen LogP) is 2.48. The number of halogens is 1. The smallest absolute Gasteiger partial charge is 0.238 e. The Kier molecular flexibility index (Phi) is 2.00. The van der Waals surface area contributed by atoms with Gasteiger partial charge < -0.3 is 0 Å². The highest BCUT2D eigenvalue weighted by molar-refractivity contribution is 6.18. The number of rotatable bonds is 0. The minimum absolute atomic E-state index is 0.283. The number of aromatic amines is 1. The number of nitrogens with zero attached hydrogens (tertiary/aromatic N) is 4. The van der Waals surface area contributed by atoms with Crippen molar-refractivity contribution in [3.8, 4) is 0 Å². The molecular formula is C16H11FN5+. The van der Waals surface area contributed by atoms with Gasteiger partial charge in [0.25, 0.3) is 0 Å². The third kappa shape index (κ3) is 1.34. The quantitative estimate of drug-likeness (QED) is 0.352. The lowest BCUT2D eigenvalue weighted by Gasteiger charge is -2.01. The molecule has 5 nitrogen and oxygen atoms in total. The predicted molar refractivity (Wildman–Crippen MR) is 81.0 cm³/mol. The van der Waals surface area contributed by atoms with Crippen molar-refractivity contribution < 1.29 is 8.79 Å². The molecule has 0 radical (unpaired) electrons. The summed E-state index contributed by atoms with van der Waals surface area (Å²) in [5, 5.41) is 6.37. The van der Waals surface area contributed by atoms with Crippen LogP contribution in [-0.2, 0) is 7.05 Å². The summed E-state index contributed by atoms with van der Waals surface area (Å²) in [5.74, 6) is -0.283. The third-order valence-corrected chi connectivity index (χ3v) is 4.09. The summed E-state index contributed by atoms with van der Waals surface area (Å²) in [7, 11) is 1.94. The molecule has 5 aromatic heterocycles. The SMILES string of the molecule is Cn1cc2c([nH]1)c1ccc(F)c[n+]1c1cnc3nccc3c21. The molecule has 0 aliphatic rings. The van der Waals surface area contributed by atoms with E-state index < -0.39 is 0 Å². The van der Waals surface area contributed by atoms with E-state index in [2.05, 4.69) is 15.1 Å². The van der Waals surface area contributed by atoms with Crippen LogP contribution in [0.3, 0.4) is 0 Å². The molecule has 1 N–H and O–H groups in total. The summed E-state index contributed by atoms with van der Waals surface area (Å²) >= 11 is 0. The molecule has 0 amide bonds. The van der Waals surface area contributed by atoms with Crippen molar-refractivity contribution >= 4 is 38.4 Å². The molecule has 106 valence electrons. The van der Waals surface area contributed by atoms with Gasteiger partial charge in [-0.1, -0.05) is 0 Å². The zero-order chi connectivity index (χ0) is 14.8. The van der Waals surface area contributed by atoms with Gasteiger partial charge in [0, 0.05) is 36.3 Å². The lowest BCUT2D eigenvalue weighted by molar-refractivity contribution is -0.482. The maximum absolute atomic E-state index is 13.8. The van der Waals surface area contributed by atoms with Crippen molar-refractivity contribution in [2.45, 2.75) is 0 Å². The number of nitrogens with one attached hydrogen (secondary N) is 1. The largest absolute Gasteiger partial charge is 0.297 e. The van der Waals surface area contributed by atoms with Crippen LogP contribution in [0.2, 0.25) is 0 Å². The van der Waals surface area contributed by atoms with Gasteiger partial charge in [0.2, 0.25) is 17.2 Å². The van der Waals surface area contributed by atoms with E-state index in [1.807, 2.05) is 28.4 Å². The molecule has 0 spiro atoms. The molecule has 5 aromatic rings. The average Bonchev–Trinajstić information content (AvgIpc) is 3.12. The Morgan fingerprint density at radius 2 is 2.05 bits per heavy atom. The van der Waals surface area contributed by atoms with E-state index >= 15 is 0 Å². The molecule has 22 heavy (non-hydrogen) atoms. The van der Waals surface area contributed by atoms with Crippen molar-refractivity contribution in [2.75, 3.05) is 0 Å². The van der Waals surface area contributed by atoms with Gasteiger partial charge in [-0.3, -0.25) is 9.78 Å². The number of fused-ring (bicyclic) bond motifs is 8. The zero-order valence-corrected chi connectivity index (χ0v) is 11.7.